The summed E-state index contributed by atoms with van der Waals surface area (Å²) in [5, 5.41) is 21.8. The summed E-state index contributed by atoms with van der Waals surface area (Å²) in [5.41, 5.74) is 2.54. The minimum absolute atomic E-state index is 0.0967. The molecule has 202 valence electrons. The molecular formula is C30H29IN2O6. The molecule has 9 heteroatoms. The van der Waals surface area contributed by atoms with Gasteiger partial charge in [0.15, 0.2) is 6.23 Å². The molecular weight excluding hydrogens is 611 g/mol. The van der Waals surface area contributed by atoms with Gasteiger partial charge in [0.25, 0.3) is 5.56 Å². The Kier molecular flexibility index (Phi) is 7.88. The van der Waals surface area contributed by atoms with Crippen molar-refractivity contribution in [3.8, 4) is 0 Å². The van der Waals surface area contributed by atoms with E-state index in [2.05, 4.69) is 4.98 Å². The lowest BCUT2D eigenvalue weighted by Gasteiger charge is -2.37. The lowest BCUT2D eigenvalue weighted by Crippen LogP contribution is -2.40. The van der Waals surface area contributed by atoms with Crippen LogP contribution in [0.25, 0.3) is 0 Å². The number of ether oxygens (including phenoxy) is 2. The average molecular weight is 640 g/mol. The zero-order valence-corrected chi connectivity index (χ0v) is 23.6. The number of aliphatic hydroxyl groups excluding tert-OH is 2. The van der Waals surface area contributed by atoms with E-state index in [1.54, 1.807) is 22.6 Å². The zero-order chi connectivity index (χ0) is 27.7. The van der Waals surface area contributed by atoms with Gasteiger partial charge in [-0.1, -0.05) is 90.0 Å². The molecule has 1 aliphatic rings. The largest absolute Gasteiger partial charge is 0.387 e. The Morgan fingerprint density at radius 1 is 0.872 bits per heavy atom. The highest BCUT2D eigenvalue weighted by atomic mass is 127. The molecule has 0 saturated carbocycles. The first-order chi connectivity index (χ1) is 18.7. The number of nitrogens with one attached hydrogen (secondary N) is 1. The van der Waals surface area contributed by atoms with E-state index in [0.717, 1.165) is 32.4 Å². The number of aliphatic hydroxyl groups is 2. The minimum Gasteiger partial charge on any atom is -0.387 e. The van der Waals surface area contributed by atoms with Crippen LogP contribution in [0.15, 0.2) is 94.6 Å². The molecule has 0 spiro atoms. The van der Waals surface area contributed by atoms with Crippen molar-refractivity contribution in [1.29, 1.82) is 0 Å². The minimum atomic E-state index is -1.41. The third kappa shape index (κ3) is 5.24. The monoisotopic (exact) mass is 640 g/mol. The first-order valence-corrected chi connectivity index (χ1v) is 13.6. The molecule has 1 aromatic heterocycles. The van der Waals surface area contributed by atoms with E-state index in [-0.39, 0.29) is 10.2 Å². The number of aryl methyl sites for hydroxylation is 2. The predicted molar refractivity (Wildman–Crippen MR) is 155 cm³/mol. The van der Waals surface area contributed by atoms with Gasteiger partial charge in [-0.2, -0.15) is 0 Å². The number of hydrogen-bond acceptors (Lipinski definition) is 6. The van der Waals surface area contributed by atoms with E-state index in [9.17, 15) is 19.8 Å². The Balaban J connectivity index is 1.55. The molecule has 2 heterocycles. The maximum absolute atomic E-state index is 12.5. The van der Waals surface area contributed by atoms with E-state index in [1.165, 1.54) is 6.20 Å². The molecule has 4 unspecified atom stereocenters. The Morgan fingerprint density at radius 3 is 1.97 bits per heavy atom. The van der Waals surface area contributed by atoms with Crippen molar-refractivity contribution in [2.75, 3.05) is 6.61 Å². The first kappa shape index (κ1) is 27.5. The van der Waals surface area contributed by atoms with Crippen LogP contribution in [0.2, 0.25) is 0 Å². The van der Waals surface area contributed by atoms with E-state index in [0.29, 0.717) is 0 Å². The molecule has 0 amide bonds. The average Bonchev–Trinajstić information content (AvgIpc) is 3.22. The molecule has 39 heavy (non-hydrogen) atoms. The van der Waals surface area contributed by atoms with Gasteiger partial charge in [0.05, 0.1) is 10.2 Å². The zero-order valence-electron chi connectivity index (χ0n) is 21.5. The number of halogens is 1. The number of rotatable bonds is 7. The molecule has 4 aromatic rings. The third-order valence-corrected chi connectivity index (χ3v) is 7.86. The second-order valence-corrected chi connectivity index (χ2v) is 10.9. The maximum Gasteiger partial charge on any atom is 0.330 e. The van der Waals surface area contributed by atoms with Crippen LogP contribution in [0.3, 0.4) is 0 Å². The lowest BCUT2D eigenvalue weighted by atomic mass is 9.79. The van der Waals surface area contributed by atoms with Crippen molar-refractivity contribution in [2.45, 2.75) is 44.0 Å². The Labute approximate surface area is 239 Å². The van der Waals surface area contributed by atoms with Crippen molar-refractivity contribution in [3.05, 3.63) is 137 Å². The second-order valence-electron chi connectivity index (χ2n) is 9.78. The fraction of sp³-hybridized carbons (Fsp3) is 0.267. The molecule has 0 bridgehead atoms. The summed E-state index contributed by atoms with van der Waals surface area (Å²) in [7, 11) is 0. The van der Waals surface area contributed by atoms with Crippen LogP contribution >= 0.6 is 22.6 Å². The van der Waals surface area contributed by atoms with Crippen molar-refractivity contribution < 1.29 is 19.7 Å². The summed E-state index contributed by atoms with van der Waals surface area (Å²) in [6.07, 6.45) is -3.60. The smallest absolute Gasteiger partial charge is 0.330 e. The van der Waals surface area contributed by atoms with E-state index in [4.69, 9.17) is 9.47 Å². The van der Waals surface area contributed by atoms with E-state index in [1.807, 2.05) is 92.7 Å². The number of hydrogen-bond donors (Lipinski definition) is 3. The summed E-state index contributed by atoms with van der Waals surface area (Å²) in [4.78, 5) is 26.5. The van der Waals surface area contributed by atoms with E-state index < -0.39 is 41.4 Å². The Hall–Kier alpha value is -3.09. The summed E-state index contributed by atoms with van der Waals surface area (Å²) in [5.74, 6) is 0. The quantitative estimate of drug-likeness (QED) is 0.211. The van der Waals surface area contributed by atoms with Gasteiger partial charge in [-0.05, 0) is 53.1 Å². The normalized spacial score (nSPS) is 21.3. The summed E-state index contributed by atoms with van der Waals surface area (Å²) < 4.78 is 14.1. The molecule has 1 saturated heterocycles. The van der Waals surface area contributed by atoms with Gasteiger partial charge in [0, 0.05) is 6.20 Å². The number of nitrogens with zero attached hydrogens (tertiary/aromatic N) is 1. The van der Waals surface area contributed by atoms with Crippen molar-refractivity contribution in [1.82, 2.24) is 9.55 Å². The maximum atomic E-state index is 12.5. The van der Waals surface area contributed by atoms with Crippen molar-refractivity contribution >= 4 is 22.6 Å². The molecule has 5 rings (SSSR count). The highest BCUT2D eigenvalue weighted by Crippen LogP contribution is 2.42. The van der Waals surface area contributed by atoms with Crippen LogP contribution in [0.1, 0.15) is 34.0 Å². The van der Waals surface area contributed by atoms with Gasteiger partial charge in [-0.25, -0.2) is 4.79 Å². The number of H-pyrrole nitrogens is 1. The van der Waals surface area contributed by atoms with E-state index >= 15 is 0 Å². The number of benzene rings is 3. The van der Waals surface area contributed by atoms with Crippen LogP contribution in [0.5, 0.6) is 0 Å². The molecule has 0 radical (unpaired) electrons. The molecule has 0 aliphatic carbocycles. The number of aromatic amines is 1. The summed E-state index contributed by atoms with van der Waals surface area (Å²) in [6, 6.07) is 26.0. The van der Waals surface area contributed by atoms with Crippen LogP contribution in [-0.2, 0) is 15.1 Å². The Bertz CT molecular complexity index is 1500. The van der Waals surface area contributed by atoms with Crippen LogP contribution in [0, 0.1) is 17.4 Å². The molecule has 4 atom stereocenters. The number of aromatic nitrogens is 2. The standard InChI is InChI=1S/C30H29IN2O6/c1-18-8-12-21(13-9-18)30(20-6-4-3-5-7-20,22-14-10-19(2)11-15-22)38-17-24-25(34)26(35)28(39-24)33-16-23(31)27(36)32-29(33)37/h3-16,24-26,28,34-35H,17H2,1-2H3,(H,32,36,37). The first-order valence-electron chi connectivity index (χ1n) is 12.6. The lowest BCUT2D eigenvalue weighted by molar-refractivity contribution is -0.0959. The summed E-state index contributed by atoms with van der Waals surface area (Å²) in [6.45, 7) is 3.94. The van der Waals surface area contributed by atoms with Crippen LogP contribution < -0.4 is 11.2 Å². The van der Waals surface area contributed by atoms with Crippen LogP contribution in [0.4, 0.5) is 0 Å². The molecule has 1 aliphatic heterocycles. The van der Waals surface area contributed by atoms with Gasteiger partial charge in [0.2, 0.25) is 0 Å². The molecule has 3 aromatic carbocycles. The van der Waals surface area contributed by atoms with Crippen LogP contribution in [-0.4, -0.2) is 44.7 Å². The fourth-order valence-electron chi connectivity index (χ4n) is 4.95. The van der Waals surface area contributed by atoms with Gasteiger partial charge >= 0.3 is 5.69 Å². The van der Waals surface area contributed by atoms with Gasteiger partial charge in [-0.3, -0.25) is 14.3 Å². The fourth-order valence-corrected chi connectivity index (χ4v) is 5.39. The molecule has 1 fully saturated rings. The summed E-state index contributed by atoms with van der Waals surface area (Å²) >= 11 is 1.79. The topological polar surface area (TPSA) is 114 Å². The van der Waals surface area contributed by atoms with Crippen molar-refractivity contribution in [3.63, 3.8) is 0 Å². The van der Waals surface area contributed by atoms with Gasteiger partial charge in [0.1, 0.15) is 23.9 Å². The van der Waals surface area contributed by atoms with Crippen molar-refractivity contribution in [2.24, 2.45) is 0 Å². The predicted octanol–water partition coefficient (Wildman–Crippen LogP) is 3.39. The molecule has 8 nitrogen and oxygen atoms in total. The highest BCUT2D eigenvalue weighted by Gasteiger charge is 2.46. The third-order valence-electron chi connectivity index (χ3n) is 7.10. The Morgan fingerprint density at radius 2 is 1.41 bits per heavy atom. The molecule has 3 N–H and O–H groups in total. The van der Waals surface area contributed by atoms with Gasteiger partial charge in [-0.15, -0.1) is 0 Å². The highest BCUT2D eigenvalue weighted by molar-refractivity contribution is 14.1. The van der Waals surface area contributed by atoms with Gasteiger partial charge < -0.3 is 19.7 Å². The second kappa shape index (κ2) is 11.2. The SMILES string of the molecule is Cc1ccc(C(OCC2OC(n3cc(I)c(=O)[nH]c3=O)C(O)C2O)(c2ccccc2)c2ccc(C)cc2)cc1.